The van der Waals surface area contributed by atoms with Crippen molar-refractivity contribution in [2.75, 3.05) is 12.5 Å². The van der Waals surface area contributed by atoms with Gasteiger partial charge in [0.05, 0.1) is 0 Å². The van der Waals surface area contributed by atoms with E-state index in [1.54, 1.807) is 31.2 Å². The summed E-state index contributed by atoms with van der Waals surface area (Å²) in [5.74, 6) is -0.530. The predicted molar refractivity (Wildman–Crippen MR) is 62.7 cm³/mol. The van der Waals surface area contributed by atoms with Gasteiger partial charge in [-0.15, -0.1) is 11.6 Å². The lowest BCUT2D eigenvalue weighted by Gasteiger charge is -2.25. The number of carboxylic acid groups (broad SMARTS) is 1. The van der Waals surface area contributed by atoms with Gasteiger partial charge in [0.15, 0.2) is 5.60 Å². The highest BCUT2D eigenvalue weighted by atomic mass is 35.5. The number of hydrogen-bond acceptors (Lipinski definition) is 2. The van der Waals surface area contributed by atoms with Gasteiger partial charge < -0.3 is 9.84 Å². The van der Waals surface area contributed by atoms with Gasteiger partial charge in [-0.1, -0.05) is 30.3 Å². The third kappa shape index (κ3) is 2.97. The average molecular weight is 243 g/mol. The van der Waals surface area contributed by atoms with Crippen molar-refractivity contribution in [1.29, 1.82) is 0 Å². The molecule has 1 aromatic carbocycles. The first kappa shape index (κ1) is 13.0. The fourth-order valence-electron chi connectivity index (χ4n) is 1.36. The highest BCUT2D eigenvalue weighted by Crippen LogP contribution is 2.25. The maximum absolute atomic E-state index is 11.3. The molecule has 1 atom stereocenters. The molecule has 1 aromatic rings. The van der Waals surface area contributed by atoms with Crippen LogP contribution in [0.5, 0.6) is 0 Å². The maximum atomic E-state index is 11.3. The van der Waals surface area contributed by atoms with E-state index in [1.807, 2.05) is 6.07 Å². The number of carbonyl (C=O) groups is 1. The molecule has 0 saturated heterocycles. The Kier molecular flexibility index (Phi) is 4.77. The van der Waals surface area contributed by atoms with E-state index in [1.165, 1.54) is 0 Å². The Morgan fingerprint density at radius 3 is 2.56 bits per heavy atom. The number of rotatable bonds is 6. The monoisotopic (exact) mass is 242 g/mol. The van der Waals surface area contributed by atoms with Gasteiger partial charge >= 0.3 is 5.97 Å². The molecule has 0 bridgehead atoms. The van der Waals surface area contributed by atoms with Crippen LogP contribution in [0.25, 0.3) is 0 Å². The van der Waals surface area contributed by atoms with Crippen LogP contribution in [0.4, 0.5) is 0 Å². The van der Waals surface area contributed by atoms with Crippen molar-refractivity contribution < 1.29 is 14.6 Å². The summed E-state index contributed by atoms with van der Waals surface area (Å²) in [6.45, 7) is 1.89. The van der Waals surface area contributed by atoms with Crippen LogP contribution >= 0.6 is 11.6 Å². The van der Waals surface area contributed by atoms with Gasteiger partial charge in [0.25, 0.3) is 0 Å². The molecule has 0 radical (unpaired) electrons. The maximum Gasteiger partial charge on any atom is 0.340 e. The first-order valence-electron chi connectivity index (χ1n) is 5.10. The largest absolute Gasteiger partial charge is 0.479 e. The number of benzene rings is 1. The number of aliphatic carboxylic acids is 1. The molecule has 1 N–H and O–H groups in total. The molecule has 1 rings (SSSR count). The van der Waals surface area contributed by atoms with Crippen LogP contribution in [-0.4, -0.2) is 23.6 Å². The zero-order chi connectivity index (χ0) is 12.0. The molecular formula is C12H15ClO3. The Bertz CT molecular complexity index is 339. The first-order chi connectivity index (χ1) is 7.61. The van der Waals surface area contributed by atoms with Crippen LogP contribution in [-0.2, 0) is 15.1 Å². The van der Waals surface area contributed by atoms with Crippen LogP contribution in [0.2, 0.25) is 0 Å². The lowest BCUT2D eigenvalue weighted by atomic mass is 9.96. The Morgan fingerprint density at radius 2 is 2.06 bits per heavy atom. The van der Waals surface area contributed by atoms with Gasteiger partial charge in [0.1, 0.15) is 0 Å². The standard InChI is InChI=1S/C12H15ClO3/c1-12(11(14)15,16-9-5-8-13)10-6-3-2-4-7-10/h2-4,6-7H,5,8-9H2,1H3,(H,14,15). The van der Waals surface area contributed by atoms with E-state index in [-0.39, 0.29) is 0 Å². The van der Waals surface area contributed by atoms with E-state index in [2.05, 4.69) is 0 Å². The van der Waals surface area contributed by atoms with Crippen molar-refractivity contribution in [2.45, 2.75) is 18.9 Å². The summed E-state index contributed by atoms with van der Waals surface area (Å²) in [4.78, 5) is 11.3. The topological polar surface area (TPSA) is 46.5 Å². The Hall–Kier alpha value is -1.06. The molecular weight excluding hydrogens is 228 g/mol. The Labute approximate surface area is 100.0 Å². The van der Waals surface area contributed by atoms with Gasteiger partial charge in [-0.25, -0.2) is 4.79 Å². The zero-order valence-electron chi connectivity index (χ0n) is 9.15. The van der Waals surface area contributed by atoms with Crippen LogP contribution in [0.1, 0.15) is 18.9 Å². The summed E-state index contributed by atoms with van der Waals surface area (Å²) < 4.78 is 5.43. The molecule has 3 nitrogen and oxygen atoms in total. The molecule has 0 aliphatic heterocycles. The van der Waals surface area contributed by atoms with Gasteiger partial charge in [-0.3, -0.25) is 0 Å². The van der Waals surface area contributed by atoms with Crippen LogP contribution in [0, 0.1) is 0 Å². The van der Waals surface area contributed by atoms with E-state index < -0.39 is 11.6 Å². The highest BCUT2D eigenvalue weighted by molar-refractivity contribution is 6.17. The van der Waals surface area contributed by atoms with E-state index in [0.717, 1.165) is 0 Å². The smallest absolute Gasteiger partial charge is 0.340 e. The molecule has 0 amide bonds. The van der Waals surface area contributed by atoms with E-state index in [9.17, 15) is 9.90 Å². The van der Waals surface area contributed by atoms with E-state index in [0.29, 0.717) is 24.5 Å². The fourth-order valence-corrected chi connectivity index (χ4v) is 1.46. The zero-order valence-corrected chi connectivity index (χ0v) is 9.91. The minimum atomic E-state index is -1.30. The number of ether oxygens (including phenoxy) is 1. The lowest BCUT2D eigenvalue weighted by Crippen LogP contribution is -2.35. The van der Waals surface area contributed by atoms with Crippen molar-refractivity contribution in [3.05, 3.63) is 35.9 Å². The van der Waals surface area contributed by atoms with Gasteiger partial charge in [-0.05, 0) is 18.9 Å². The predicted octanol–water partition coefficient (Wildman–Crippen LogP) is 2.63. The summed E-state index contributed by atoms with van der Waals surface area (Å²) in [6, 6.07) is 8.91. The fraction of sp³-hybridized carbons (Fsp3) is 0.417. The molecule has 0 aromatic heterocycles. The second kappa shape index (κ2) is 5.87. The molecule has 88 valence electrons. The summed E-state index contributed by atoms with van der Waals surface area (Å²) in [5.41, 5.74) is -0.662. The third-order valence-corrected chi connectivity index (χ3v) is 2.67. The highest BCUT2D eigenvalue weighted by Gasteiger charge is 2.35. The molecule has 16 heavy (non-hydrogen) atoms. The molecule has 0 heterocycles. The van der Waals surface area contributed by atoms with Gasteiger partial charge in [0.2, 0.25) is 0 Å². The van der Waals surface area contributed by atoms with E-state index in [4.69, 9.17) is 16.3 Å². The van der Waals surface area contributed by atoms with E-state index >= 15 is 0 Å². The second-order valence-corrected chi connectivity index (χ2v) is 3.97. The Balaban J connectivity index is 2.85. The second-order valence-electron chi connectivity index (χ2n) is 3.60. The Morgan fingerprint density at radius 1 is 1.44 bits per heavy atom. The molecule has 0 aliphatic rings. The molecule has 0 spiro atoms. The van der Waals surface area contributed by atoms with Gasteiger partial charge in [-0.2, -0.15) is 0 Å². The SMILES string of the molecule is CC(OCCCCl)(C(=O)O)c1ccccc1. The average Bonchev–Trinajstić information content (AvgIpc) is 2.30. The molecule has 0 aliphatic carbocycles. The number of carboxylic acids is 1. The number of hydrogen-bond donors (Lipinski definition) is 1. The van der Waals surface area contributed by atoms with Crippen molar-refractivity contribution in [3.8, 4) is 0 Å². The quantitative estimate of drug-likeness (QED) is 0.616. The molecule has 0 fully saturated rings. The molecule has 0 saturated carbocycles. The van der Waals surface area contributed by atoms with Crippen molar-refractivity contribution in [2.24, 2.45) is 0 Å². The van der Waals surface area contributed by atoms with Crippen LogP contribution in [0.3, 0.4) is 0 Å². The summed E-state index contributed by atoms with van der Waals surface area (Å²) in [7, 11) is 0. The van der Waals surface area contributed by atoms with Crippen molar-refractivity contribution in [1.82, 2.24) is 0 Å². The minimum absolute atomic E-state index is 0.335. The van der Waals surface area contributed by atoms with Crippen LogP contribution in [0.15, 0.2) is 30.3 Å². The summed E-state index contributed by atoms with van der Waals surface area (Å²) in [5, 5.41) is 9.23. The van der Waals surface area contributed by atoms with Crippen LogP contribution < -0.4 is 0 Å². The van der Waals surface area contributed by atoms with Crippen molar-refractivity contribution >= 4 is 17.6 Å². The van der Waals surface area contributed by atoms with Crippen molar-refractivity contribution in [3.63, 3.8) is 0 Å². The molecule has 1 unspecified atom stereocenters. The number of alkyl halides is 1. The summed E-state index contributed by atoms with van der Waals surface area (Å²) >= 11 is 5.53. The third-order valence-electron chi connectivity index (χ3n) is 2.40. The normalized spacial score (nSPS) is 14.4. The molecule has 4 heteroatoms. The lowest BCUT2D eigenvalue weighted by molar-refractivity contribution is -0.165. The number of halogens is 1. The first-order valence-corrected chi connectivity index (χ1v) is 5.63. The minimum Gasteiger partial charge on any atom is -0.479 e. The summed E-state index contributed by atoms with van der Waals surface area (Å²) in [6.07, 6.45) is 0.636. The van der Waals surface area contributed by atoms with Gasteiger partial charge in [0, 0.05) is 12.5 Å².